The van der Waals surface area contributed by atoms with E-state index in [0.29, 0.717) is 12.6 Å². The molecule has 1 aromatic rings. The van der Waals surface area contributed by atoms with Crippen molar-refractivity contribution in [3.05, 3.63) is 23.2 Å². The van der Waals surface area contributed by atoms with E-state index in [1.165, 1.54) is 0 Å². The Morgan fingerprint density at radius 3 is 2.27 bits per heavy atom. The van der Waals surface area contributed by atoms with E-state index in [-0.39, 0.29) is 0 Å². The number of aromatic nitrogens is 2. The Labute approximate surface area is 90.0 Å². The molecule has 0 saturated heterocycles. The Bertz CT molecular complexity index is 339. The Kier molecular flexibility index (Phi) is 4.09. The van der Waals surface area contributed by atoms with Gasteiger partial charge in [0.25, 0.3) is 0 Å². The fourth-order valence-corrected chi connectivity index (χ4v) is 1.24. The highest BCUT2D eigenvalue weighted by molar-refractivity contribution is 5.53. The Morgan fingerprint density at radius 2 is 1.80 bits per heavy atom. The molecule has 0 spiro atoms. The highest BCUT2D eigenvalue weighted by Gasteiger charge is 2.05. The van der Waals surface area contributed by atoms with Gasteiger partial charge in [0.15, 0.2) is 0 Å². The molecule has 0 atom stereocenters. The number of nitrogens with zero attached hydrogens (tertiary/aromatic N) is 2. The second kappa shape index (κ2) is 5.34. The summed E-state index contributed by atoms with van der Waals surface area (Å²) in [5.74, 6) is 0. The number of ether oxygens (including phenoxy) is 2. The SMILES string of the molecule is CCOC=Cc1c(C)nc(OC)nc1C. The van der Waals surface area contributed by atoms with Gasteiger partial charge in [-0.25, -0.2) is 0 Å². The summed E-state index contributed by atoms with van der Waals surface area (Å²) in [7, 11) is 1.56. The highest BCUT2D eigenvalue weighted by atomic mass is 16.5. The van der Waals surface area contributed by atoms with Crippen LogP contribution in [0.4, 0.5) is 0 Å². The van der Waals surface area contributed by atoms with Crippen LogP contribution in [0.3, 0.4) is 0 Å². The number of methoxy groups -OCH3 is 1. The summed E-state index contributed by atoms with van der Waals surface area (Å²) in [6, 6.07) is 0.401. The zero-order valence-corrected chi connectivity index (χ0v) is 9.57. The van der Waals surface area contributed by atoms with E-state index >= 15 is 0 Å². The first kappa shape index (κ1) is 11.5. The predicted molar refractivity (Wildman–Crippen MR) is 58.7 cm³/mol. The third-order valence-corrected chi connectivity index (χ3v) is 1.99. The lowest BCUT2D eigenvalue weighted by molar-refractivity contribution is 0.272. The van der Waals surface area contributed by atoms with Gasteiger partial charge in [0, 0.05) is 5.56 Å². The largest absolute Gasteiger partial charge is 0.501 e. The molecule has 82 valence electrons. The lowest BCUT2D eigenvalue weighted by atomic mass is 10.2. The minimum atomic E-state index is 0.401. The molecule has 1 aromatic heterocycles. The minimum Gasteiger partial charge on any atom is -0.501 e. The summed E-state index contributed by atoms with van der Waals surface area (Å²) in [5, 5.41) is 0. The van der Waals surface area contributed by atoms with Gasteiger partial charge < -0.3 is 9.47 Å². The van der Waals surface area contributed by atoms with E-state index in [4.69, 9.17) is 9.47 Å². The topological polar surface area (TPSA) is 44.2 Å². The van der Waals surface area contributed by atoms with Crippen molar-refractivity contribution in [2.75, 3.05) is 13.7 Å². The average Bonchev–Trinajstić information content (AvgIpc) is 2.22. The Hall–Kier alpha value is -1.58. The maximum atomic E-state index is 5.14. The van der Waals surface area contributed by atoms with Crippen LogP contribution in [-0.2, 0) is 4.74 Å². The molecule has 15 heavy (non-hydrogen) atoms. The first-order valence-electron chi connectivity index (χ1n) is 4.86. The summed E-state index contributed by atoms with van der Waals surface area (Å²) in [5.41, 5.74) is 2.75. The smallest absolute Gasteiger partial charge is 0.316 e. The van der Waals surface area contributed by atoms with Crippen molar-refractivity contribution < 1.29 is 9.47 Å². The van der Waals surface area contributed by atoms with Gasteiger partial charge in [0.1, 0.15) is 0 Å². The molecule has 0 aliphatic rings. The molecule has 1 heterocycles. The molecule has 0 aliphatic heterocycles. The van der Waals surface area contributed by atoms with Crippen molar-refractivity contribution in [2.45, 2.75) is 20.8 Å². The van der Waals surface area contributed by atoms with Crippen molar-refractivity contribution in [1.82, 2.24) is 9.97 Å². The lowest BCUT2D eigenvalue weighted by Crippen LogP contribution is -1.99. The van der Waals surface area contributed by atoms with Crippen molar-refractivity contribution >= 4 is 6.08 Å². The Morgan fingerprint density at radius 1 is 1.20 bits per heavy atom. The van der Waals surface area contributed by atoms with E-state index in [0.717, 1.165) is 17.0 Å². The summed E-state index contributed by atoms with van der Waals surface area (Å²) >= 11 is 0. The minimum absolute atomic E-state index is 0.401. The van der Waals surface area contributed by atoms with Crippen LogP contribution in [-0.4, -0.2) is 23.7 Å². The Balaban J connectivity index is 2.98. The van der Waals surface area contributed by atoms with Crippen LogP contribution in [0.2, 0.25) is 0 Å². The summed E-state index contributed by atoms with van der Waals surface area (Å²) in [6.07, 6.45) is 3.53. The normalized spacial score (nSPS) is 10.7. The van der Waals surface area contributed by atoms with Crippen LogP contribution < -0.4 is 4.74 Å². The van der Waals surface area contributed by atoms with E-state index in [9.17, 15) is 0 Å². The van der Waals surface area contributed by atoms with Crippen LogP contribution in [0.5, 0.6) is 6.01 Å². The third kappa shape index (κ3) is 2.94. The van der Waals surface area contributed by atoms with Crippen LogP contribution in [0.1, 0.15) is 23.9 Å². The lowest BCUT2D eigenvalue weighted by Gasteiger charge is -2.06. The highest BCUT2D eigenvalue weighted by Crippen LogP contribution is 2.15. The number of hydrogen-bond donors (Lipinski definition) is 0. The second-order valence-electron chi connectivity index (χ2n) is 3.05. The van der Waals surface area contributed by atoms with Crippen molar-refractivity contribution in [2.24, 2.45) is 0 Å². The molecule has 0 bridgehead atoms. The average molecular weight is 208 g/mol. The van der Waals surface area contributed by atoms with Crippen LogP contribution in [0.25, 0.3) is 6.08 Å². The number of rotatable bonds is 4. The van der Waals surface area contributed by atoms with Gasteiger partial charge in [-0.05, 0) is 26.8 Å². The molecule has 4 heteroatoms. The molecule has 0 saturated carbocycles. The van der Waals surface area contributed by atoms with Crippen molar-refractivity contribution in [3.8, 4) is 6.01 Å². The molecule has 0 aromatic carbocycles. The van der Waals surface area contributed by atoms with Gasteiger partial charge in [-0.2, -0.15) is 9.97 Å². The van der Waals surface area contributed by atoms with Crippen LogP contribution in [0.15, 0.2) is 6.26 Å². The monoisotopic (exact) mass is 208 g/mol. The molecule has 0 aliphatic carbocycles. The number of aryl methyl sites for hydroxylation is 2. The van der Waals surface area contributed by atoms with Gasteiger partial charge in [0.2, 0.25) is 0 Å². The molecule has 0 unspecified atom stereocenters. The maximum absolute atomic E-state index is 5.14. The van der Waals surface area contributed by atoms with E-state index in [1.807, 2.05) is 26.8 Å². The molecule has 1 rings (SSSR count). The van der Waals surface area contributed by atoms with Crippen LogP contribution >= 0.6 is 0 Å². The summed E-state index contributed by atoms with van der Waals surface area (Å²) < 4.78 is 10.1. The quantitative estimate of drug-likeness (QED) is 0.711. The van der Waals surface area contributed by atoms with Gasteiger partial charge in [-0.1, -0.05) is 0 Å². The molecule has 0 radical (unpaired) electrons. The molecular formula is C11H16N2O2. The zero-order chi connectivity index (χ0) is 11.3. The standard InChI is InChI=1S/C11H16N2O2/c1-5-15-7-6-10-8(2)12-11(14-4)13-9(10)3/h6-7H,5H2,1-4H3. The van der Waals surface area contributed by atoms with Gasteiger partial charge in [0.05, 0.1) is 31.4 Å². The molecule has 0 N–H and O–H groups in total. The molecule has 0 fully saturated rings. The first-order chi connectivity index (χ1) is 7.19. The predicted octanol–water partition coefficient (Wildman–Crippen LogP) is 2.11. The number of hydrogen-bond acceptors (Lipinski definition) is 4. The van der Waals surface area contributed by atoms with E-state index in [2.05, 4.69) is 9.97 Å². The van der Waals surface area contributed by atoms with Gasteiger partial charge in [-0.3, -0.25) is 0 Å². The first-order valence-corrected chi connectivity index (χ1v) is 4.86. The summed E-state index contributed by atoms with van der Waals surface area (Å²) in [4.78, 5) is 8.38. The molecule has 0 amide bonds. The fourth-order valence-electron chi connectivity index (χ4n) is 1.24. The van der Waals surface area contributed by atoms with E-state index < -0.39 is 0 Å². The van der Waals surface area contributed by atoms with Gasteiger partial charge in [-0.15, -0.1) is 0 Å². The van der Waals surface area contributed by atoms with Crippen molar-refractivity contribution in [1.29, 1.82) is 0 Å². The van der Waals surface area contributed by atoms with Gasteiger partial charge >= 0.3 is 6.01 Å². The zero-order valence-electron chi connectivity index (χ0n) is 9.57. The molecular weight excluding hydrogens is 192 g/mol. The fraction of sp³-hybridized carbons (Fsp3) is 0.455. The van der Waals surface area contributed by atoms with E-state index in [1.54, 1.807) is 13.4 Å². The third-order valence-electron chi connectivity index (χ3n) is 1.99. The van der Waals surface area contributed by atoms with Crippen molar-refractivity contribution in [3.63, 3.8) is 0 Å². The van der Waals surface area contributed by atoms with Crippen LogP contribution in [0, 0.1) is 13.8 Å². The molecule has 4 nitrogen and oxygen atoms in total. The maximum Gasteiger partial charge on any atom is 0.316 e. The second-order valence-corrected chi connectivity index (χ2v) is 3.05. The summed E-state index contributed by atoms with van der Waals surface area (Å²) in [6.45, 7) is 6.44.